The van der Waals surface area contributed by atoms with Crippen LogP contribution in [0.25, 0.3) is 5.69 Å². The second-order valence-electron chi connectivity index (χ2n) is 8.22. The first-order chi connectivity index (χ1) is 12.7. The number of hydrogen-bond acceptors (Lipinski definition) is 4. The molecule has 0 spiro atoms. The van der Waals surface area contributed by atoms with Gasteiger partial charge in [0, 0.05) is 31.0 Å². The Bertz CT molecular complexity index is 688. The highest BCUT2D eigenvalue weighted by atomic mass is 15.4. The summed E-state index contributed by atoms with van der Waals surface area (Å²) in [4.78, 5) is 2.60. The largest absolute Gasteiger partial charge is 0.299 e. The van der Waals surface area contributed by atoms with E-state index in [1.54, 1.807) is 0 Å². The monoisotopic (exact) mass is 353 g/mol. The fourth-order valence-electron chi connectivity index (χ4n) is 4.35. The lowest BCUT2D eigenvalue weighted by Gasteiger charge is -2.34. The Balaban J connectivity index is 1.30. The molecule has 1 aromatic carbocycles. The Morgan fingerprint density at radius 1 is 1.15 bits per heavy atom. The van der Waals surface area contributed by atoms with E-state index >= 15 is 0 Å². The highest BCUT2D eigenvalue weighted by molar-refractivity contribution is 5.35. The first-order valence-electron chi connectivity index (χ1n) is 10.0. The van der Waals surface area contributed by atoms with Crippen LogP contribution >= 0.6 is 0 Å². The number of hydrazine groups is 1. The molecule has 5 nitrogen and oxygen atoms in total. The zero-order valence-electron chi connectivity index (χ0n) is 15.9. The van der Waals surface area contributed by atoms with Crippen molar-refractivity contribution in [1.29, 1.82) is 0 Å². The SMILES string of the molecule is CC(C)C1CC(C2CCN(Cc3cccc(-n4cccn4)c3)CC2)NN1. The summed E-state index contributed by atoms with van der Waals surface area (Å²) >= 11 is 0. The summed E-state index contributed by atoms with van der Waals surface area (Å²) in [6.07, 6.45) is 7.69. The minimum absolute atomic E-state index is 0.628. The highest BCUT2D eigenvalue weighted by Gasteiger charge is 2.33. The predicted octanol–water partition coefficient (Wildman–Crippen LogP) is 2.98. The number of piperidine rings is 1. The molecular weight excluding hydrogens is 322 g/mol. The summed E-state index contributed by atoms with van der Waals surface area (Å²) in [7, 11) is 0. The molecule has 26 heavy (non-hydrogen) atoms. The number of rotatable bonds is 5. The van der Waals surface area contributed by atoms with E-state index in [4.69, 9.17) is 0 Å². The molecule has 2 aliphatic rings. The molecule has 2 unspecified atom stereocenters. The van der Waals surface area contributed by atoms with E-state index in [0.717, 1.165) is 18.2 Å². The molecule has 0 saturated carbocycles. The van der Waals surface area contributed by atoms with Gasteiger partial charge in [0.2, 0.25) is 0 Å². The second kappa shape index (κ2) is 7.91. The number of aromatic nitrogens is 2. The van der Waals surface area contributed by atoms with E-state index in [-0.39, 0.29) is 0 Å². The van der Waals surface area contributed by atoms with Crippen LogP contribution in [0.2, 0.25) is 0 Å². The fraction of sp³-hybridized carbons (Fsp3) is 0.571. The number of nitrogens with one attached hydrogen (secondary N) is 2. The van der Waals surface area contributed by atoms with Crippen LogP contribution in [-0.4, -0.2) is 39.9 Å². The third kappa shape index (κ3) is 4.00. The third-order valence-corrected chi connectivity index (χ3v) is 6.05. The van der Waals surface area contributed by atoms with Gasteiger partial charge in [0.05, 0.1) is 5.69 Å². The molecule has 2 saturated heterocycles. The maximum absolute atomic E-state index is 4.34. The summed E-state index contributed by atoms with van der Waals surface area (Å²) in [5.74, 6) is 1.51. The van der Waals surface area contributed by atoms with Crippen LogP contribution in [0.4, 0.5) is 0 Å². The average molecular weight is 354 g/mol. The molecule has 2 atom stereocenters. The molecule has 2 aromatic rings. The Kier molecular flexibility index (Phi) is 5.38. The van der Waals surface area contributed by atoms with Gasteiger partial charge in [-0.3, -0.25) is 15.8 Å². The lowest BCUT2D eigenvalue weighted by atomic mass is 9.85. The summed E-state index contributed by atoms with van der Waals surface area (Å²) in [6.45, 7) is 8.04. The van der Waals surface area contributed by atoms with E-state index in [2.05, 4.69) is 59.0 Å². The van der Waals surface area contributed by atoms with Crippen LogP contribution in [0.15, 0.2) is 42.7 Å². The highest BCUT2D eigenvalue weighted by Crippen LogP contribution is 2.27. The van der Waals surface area contributed by atoms with Crippen molar-refractivity contribution in [3.8, 4) is 5.69 Å². The molecular formula is C21H31N5. The molecule has 4 rings (SSSR count). The number of likely N-dealkylation sites (tertiary alicyclic amines) is 1. The average Bonchev–Trinajstić information content (AvgIpc) is 3.35. The van der Waals surface area contributed by atoms with Gasteiger partial charge in [0.15, 0.2) is 0 Å². The number of benzene rings is 1. The summed E-state index contributed by atoms with van der Waals surface area (Å²) in [5.41, 5.74) is 9.58. The zero-order chi connectivity index (χ0) is 17.9. The second-order valence-corrected chi connectivity index (χ2v) is 8.22. The third-order valence-electron chi connectivity index (χ3n) is 6.05. The van der Waals surface area contributed by atoms with Gasteiger partial charge in [-0.1, -0.05) is 26.0 Å². The molecule has 140 valence electrons. The minimum atomic E-state index is 0.628. The number of hydrogen-bond donors (Lipinski definition) is 2. The van der Waals surface area contributed by atoms with Crippen molar-refractivity contribution in [3.05, 3.63) is 48.3 Å². The molecule has 0 amide bonds. The first-order valence-corrected chi connectivity index (χ1v) is 10.0. The Morgan fingerprint density at radius 3 is 2.69 bits per heavy atom. The molecule has 3 heterocycles. The summed E-state index contributed by atoms with van der Waals surface area (Å²) in [5, 5.41) is 4.34. The topological polar surface area (TPSA) is 45.1 Å². The van der Waals surface area contributed by atoms with Gasteiger partial charge in [-0.15, -0.1) is 0 Å². The smallest absolute Gasteiger partial charge is 0.0648 e. The van der Waals surface area contributed by atoms with Crippen LogP contribution in [0.3, 0.4) is 0 Å². The van der Waals surface area contributed by atoms with Crippen molar-refractivity contribution in [3.63, 3.8) is 0 Å². The van der Waals surface area contributed by atoms with Crippen molar-refractivity contribution < 1.29 is 0 Å². The van der Waals surface area contributed by atoms with Crippen molar-refractivity contribution in [2.45, 2.75) is 51.7 Å². The van der Waals surface area contributed by atoms with Crippen LogP contribution in [0, 0.1) is 11.8 Å². The Hall–Kier alpha value is -1.69. The van der Waals surface area contributed by atoms with Crippen LogP contribution in [0.5, 0.6) is 0 Å². The standard InChI is InChI=1S/C21H31N5/c1-16(2)20-14-21(24-23-20)18-7-11-25(12-8-18)15-17-5-3-6-19(13-17)26-10-4-9-22-26/h3-6,9-10,13,16,18,20-21,23-24H,7-8,11-12,14-15H2,1-2H3. The van der Waals surface area contributed by atoms with E-state index < -0.39 is 0 Å². The van der Waals surface area contributed by atoms with Gasteiger partial charge < -0.3 is 0 Å². The quantitative estimate of drug-likeness (QED) is 0.867. The van der Waals surface area contributed by atoms with Gasteiger partial charge >= 0.3 is 0 Å². The van der Waals surface area contributed by atoms with Crippen LogP contribution < -0.4 is 10.9 Å². The molecule has 5 heteroatoms. The van der Waals surface area contributed by atoms with Gasteiger partial charge in [-0.25, -0.2) is 4.68 Å². The normalized spacial score (nSPS) is 25.2. The Morgan fingerprint density at radius 2 is 2.00 bits per heavy atom. The number of nitrogens with zero attached hydrogens (tertiary/aromatic N) is 3. The molecule has 1 aromatic heterocycles. The molecule has 2 fully saturated rings. The van der Waals surface area contributed by atoms with E-state index in [1.807, 2.05) is 23.1 Å². The van der Waals surface area contributed by atoms with Crippen molar-refractivity contribution >= 4 is 0 Å². The summed E-state index contributed by atoms with van der Waals surface area (Å²) in [6, 6.07) is 12.0. The van der Waals surface area contributed by atoms with E-state index in [9.17, 15) is 0 Å². The predicted molar refractivity (Wildman–Crippen MR) is 105 cm³/mol. The van der Waals surface area contributed by atoms with Crippen LogP contribution in [0.1, 0.15) is 38.7 Å². The van der Waals surface area contributed by atoms with Crippen LogP contribution in [-0.2, 0) is 6.54 Å². The molecule has 0 aliphatic carbocycles. The lowest BCUT2D eigenvalue weighted by Crippen LogP contribution is -2.42. The first kappa shape index (κ1) is 17.7. The molecule has 0 bridgehead atoms. The fourth-order valence-corrected chi connectivity index (χ4v) is 4.35. The van der Waals surface area contributed by atoms with Gasteiger partial charge in [-0.2, -0.15) is 5.10 Å². The lowest BCUT2D eigenvalue weighted by molar-refractivity contribution is 0.155. The molecule has 0 radical (unpaired) electrons. The minimum Gasteiger partial charge on any atom is -0.299 e. The maximum atomic E-state index is 4.34. The summed E-state index contributed by atoms with van der Waals surface area (Å²) < 4.78 is 1.93. The van der Waals surface area contributed by atoms with Crippen molar-refractivity contribution in [2.75, 3.05) is 13.1 Å². The maximum Gasteiger partial charge on any atom is 0.0648 e. The van der Waals surface area contributed by atoms with E-state index in [0.29, 0.717) is 18.0 Å². The Labute approximate surface area is 156 Å². The van der Waals surface area contributed by atoms with Gasteiger partial charge in [0.1, 0.15) is 0 Å². The van der Waals surface area contributed by atoms with E-state index in [1.165, 1.54) is 37.9 Å². The van der Waals surface area contributed by atoms with Crippen molar-refractivity contribution in [1.82, 2.24) is 25.5 Å². The van der Waals surface area contributed by atoms with Gasteiger partial charge in [-0.05, 0) is 68.0 Å². The molecule has 2 N–H and O–H groups in total. The molecule has 2 aliphatic heterocycles. The van der Waals surface area contributed by atoms with Crippen molar-refractivity contribution in [2.24, 2.45) is 11.8 Å². The zero-order valence-corrected chi connectivity index (χ0v) is 15.9. The van der Waals surface area contributed by atoms with Gasteiger partial charge in [0.25, 0.3) is 0 Å².